The van der Waals surface area contributed by atoms with Crippen molar-refractivity contribution < 1.29 is 0 Å². The zero-order chi connectivity index (χ0) is 8.55. The van der Waals surface area contributed by atoms with Crippen LogP contribution in [0, 0.1) is 0 Å². The monoisotopic (exact) mass is 277 g/mol. The second kappa shape index (κ2) is 4.42. The van der Waals surface area contributed by atoms with Crippen molar-refractivity contribution >= 4 is 49.8 Å². The number of halogens is 2. The highest BCUT2D eigenvalue weighted by Crippen LogP contribution is 2.34. The van der Waals surface area contributed by atoms with E-state index in [9.17, 15) is 0 Å². The quantitative estimate of drug-likeness (QED) is 0.848. The second-order valence-corrected chi connectivity index (χ2v) is 4.92. The van der Waals surface area contributed by atoms with E-state index in [4.69, 9.17) is 5.73 Å². The third-order valence-corrected chi connectivity index (χ3v) is 3.82. The summed E-state index contributed by atoms with van der Waals surface area (Å²) in [5.74, 6) is 0. The van der Waals surface area contributed by atoms with E-state index >= 15 is 0 Å². The lowest BCUT2D eigenvalue weighted by Crippen LogP contribution is -1.94. The minimum absolute atomic E-state index is 0. The summed E-state index contributed by atoms with van der Waals surface area (Å²) in [7, 11) is 0. The Hall–Kier alpha value is -0.0900. The topological polar surface area (TPSA) is 26.0 Å². The molecule has 0 atom stereocenters. The van der Waals surface area contributed by atoms with Gasteiger partial charge in [-0.05, 0) is 32.9 Å². The van der Waals surface area contributed by atoms with Crippen molar-refractivity contribution in [2.75, 3.05) is 0 Å². The Bertz CT molecular complexity index is 413. The number of hydrogen-bond acceptors (Lipinski definition) is 2. The van der Waals surface area contributed by atoms with Crippen molar-refractivity contribution in [3.63, 3.8) is 0 Å². The van der Waals surface area contributed by atoms with Crippen LogP contribution in [0.3, 0.4) is 0 Å². The Morgan fingerprint density at radius 3 is 2.69 bits per heavy atom. The number of rotatable bonds is 1. The Kier molecular flexibility index (Phi) is 3.74. The number of benzene rings is 1. The Morgan fingerprint density at radius 2 is 2.00 bits per heavy atom. The van der Waals surface area contributed by atoms with Crippen molar-refractivity contribution in [1.82, 2.24) is 0 Å². The van der Waals surface area contributed by atoms with E-state index in [1.54, 1.807) is 11.3 Å². The highest BCUT2D eigenvalue weighted by atomic mass is 79.9. The fourth-order valence-electron chi connectivity index (χ4n) is 1.26. The molecule has 1 nitrogen and oxygen atoms in total. The smallest absolute Gasteiger partial charge is 0.0755 e. The molecule has 2 rings (SSSR count). The Labute approximate surface area is 95.5 Å². The molecule has 70 valence electrons. The molecule has 0 bridgehead atoms. The first-order valence-corrected chi connectivity index (χ1v) is 5.30. The maximum atomic E-state index is 5.64. The molecule has 4 heteroatoms. The molecule has 0 amide bonds. The summed E-state index contributed by atoms with van der Waals surface area (Å²) in [4.78, 5) is 0. The van der Waals surface area contributed by atoms with E-state index in [1.807, 2.05) is 12.1 Å². The normalized spacial score (nSPS) is 10.0. The first kappa shape index (κ1) is 11.0. The number of hydrogen-bond donors (Lipinski definition) is 1. The zero-order valence-corrected chi connectivity index (χ0v) is 10.0. The summed E-state index contributed by atoms with van der Waals surface area (Å²) < 4.78 is 2.45. The predicted octanol–water partition coefficient (Wildman–Crippen LogP) is 3.54. The summed E-state index contributed by atoms with van der Waals surface area (Å²) in [5.41, 5.74) is 6.86. The molecule has 0 aliphatic heterocycles. The van der Waals surface area contributed by atoms with Crippen LogP contribution in [0.5, 0.6) is 0 Å². The van der Waals surface area contributed by atoms with E-state index in [0.29, 0.717) is 6.54 Å². The minimum atomic E-state index is 0. The van der Waals surface area contributed by atoms with Crippen LogP contribution in [-0.4, -0.2) is 0 Å². The van der Waals surface area contributed by atoms with Crippen molar-refractivity contribution in [1.29, 1.82) is 0 Å². The van der Waals surface area contributed by atoms with E-state index in [1.165, 1.54) is 15.6 Å². The molecule has 2 aromatic rings. The van der Waals surface area contributed by atoms with Gasteiger partial charge in [0.2, 0.25) is 0 Å². The lowest BCUT2D eigenvalue weighted by molar-refractivity contribution is 1.09. The summed E-state index contributed by atoms with van der Waals surface area (Å²) in [6.07, 6.45) is 0. The van der Waals surface area contributed by atoms with Crippen molar-refractivity contribution in [3.05, 3.63) is 33.6 Å². The average Bonchev–Trinajstić information content (AvgIpc) is 2.40. The van der Waals surface area contributed by atoms with Gasteiger partial charge in [-0.15, -0.1) is 23.7 Å². The highest BCUT2D eigenvalue weighted by Gasteiger charge is 2.06. The van der Waals surface area contributed by atoms with Crippen molar-refractivity contribution in [2.45, 2.75) is 6.54 Å². The maximum Gasteiger partial charge on any atom is 0.0755 e. The molecule has 0 unspecified atom stereocenters. The Morgan fingerprint density at radius 1 is 1.31 bits per heavy atom. The van der Waals surface area contributed by atoms with Gasteiger partial charge in [-0.2, -0.15) is 0 Å². The van der Waals surface area contributed by atoms with Gasteiger partial charge in [-0.25, -0.2) is 0 Å². The summed E-state index contributed by atoms with van der Waals surface area (Å²) in [6, 6.07) is 8.31. The van der Waals surface area contributed by atoms with Gasteiger partial charge < -0.3 is 5.73 Å². The van der Waals surface area contributed by atoms with E-state index in [0.717, 1.165) is 3.79 Å². The predicted molar refractivity (Wildman–Crippen MR) is 64.7 cm³/mol. The fourth-order valence-corrected chi connectivity index (χ4v) is 3.12. The van der Waals surface area contributed by atoms with Crippen molar-refractivity contribution in [2.24, 2.45) is 5.73 Å². The lowest BCUT2D eigenvalue weighted by Gasteiger charge is -1.93. The first-order valence-electron chi connectivity index (χ1n) is 3.69. The Balaban J connectivity index is 0.000000845. The van der Waals surface area contributed by atoms with Crippen LogP contribution < -0.4 is 5.73 Å². The molecule has 0 spiro atoms. The molecule has 1 aromatic carbocycles. The molecule has 1 aromatic heterocycles. The molecule has 0 aliphatic rings. The molecule has 13 heavy (non-hydrogen) atoms. The fraction of sp³-hybridized carbons (Fsp3) is 0.111. The van der Waals surface area contributed by atoms with Gasteiger partial charge in [0, 0.05) is 11.2 Å². The van der Waals surface area contributed by atoms with Gasteiger partial charge >= 0.3 is 0 Å². The average molecular weight is 279 g/mol. The van der Waals surface area contributed by atoms with Crippen LogP contribution in [0.2, 0.25) is 0 Å². The minimum Gasteiger partial charge on any atom is -0.326 e. The maximum absolute atomic E-state index is 5.64. The van der Waals surface area contributed by atoms with E-state index < -0.39 is 0 Å². The molecular formula is C9H9BrClNS. The van der Waals surface area contributed by atoms with E-state index in [2.05, 4.69) is 28.1 Å². The number of fused-ring (bicyclic) bond motifs is 1. The van der Waals surface area contributed by atoms with E-state index in [-0.39, 0.29) is 12.4 Å². The van der Waals surface area contributed by atoms with Gasteiger partial charge in [0.05, 0.1) is 3.79 Å². The number of thiophene rings is 1. The van der Waals surface area contributed by atoms with Crippen LogP contribution in [0.4, 0.5) is 0 Å². The summed E-state index contributed by atoms with van der Waals surface area (Å²) >= 11 is 5.25. The van der Waals surface area contributed by atoms with Crippen molar-refractivity contribution in [3.8, 4) is 0 Å². The number of nitrogens with two attached hydrogens (primary N) is 1. The third kappa shape index (κ3) is 1.89. The molecule has 0 aliphatic carbocycles. The summed E-state index contributed by atoms with van der Waals surface area (Å²) in [5, 5.41) is 1.27. The largest absolute Gasteiger partial charge is 0.326 e. The zero-order valence-electron chi connectivity index (χ0n) is 6.79. The van der Waals surface area contributed by atoms with Gasteiger partial charge in [-0.3, -0.25) is 0 Å². The summed E-state index contributed by atoms with van der Waals surface area (Å²) in [6.45, 7) is 0.602. The van der Waals surface area contributed by atoms with Crippen LogP contribution in [0.25, 0.3) is 10.1 Å². The highest BCUT2D eigenvalue weighted by molar-refractivity contribution is 9.11. The van der Waals surface area contributed by atoms with Gasteiger partial charge in [0.1, 0.15) is 0 Å². The molecule has 0 saturated heterocycles. The lowest BCUT2D eigenvalue weighted by atomic mass is 10.2. The third-order valence-electron chi connectivity index (χ3n) is 1.85. The molecule has 0 fully saturated rings. The molecule has 2 N–H and O–H groups in total. The van der Waals surface area contributed by atoms with Crippen LogP contribution >= 0.6 is 39.7 Å². The molecule has 0 saturated carbocycles. The standard InChI is InChI=1S/C9H8BrNS.ClH/c10-9-7(5-11)6-3-1-2-4-8(6)12-9;/h1-4H,5,11H2;1H. The van der Waals surface area contributed by atoms with Gasteiger partial charge in [0.25, 0.3) is 0 Å². The van der Waals surface area contributed by atoms with Crippen LogP contribution in [0.1, 0.15) is 5.56 Å². The second-order valence-electron chi connectivity index (χ2n) is 2.55. The SMILES string of the molecule is Cl.NCc1c(Br)sc2ccccc12. The van der Waals surface area contributed by atoms with Crippen LogP contribution in [0.15, 0.2) is 28.1 Å². The molecular weight excluding hydrogens is 270 g/mol. The molecule has 0 radical (unpaired) electrons. The van der Waals surface area contributed by atoms with Gasteiger partial charge in [-0.1, -0.05) is 18.2 Å². The van der Waals surface area contributed by atoms with Gasteiger partial charge in [0.15, 0.2) is 0 Å². The van der Waals surface area contributed by atoms with Crippen LogP contribution in [-0.2, 0) is 6.54 Å². The molecule has 1 heterocycles. The first-order chi connectivity index (χ1) is 5.83.